The highest BCUT2D eigenvalue weighted by molar-refractivity contribution is 7.93. The molecule has 1 saturated heterocycles. The molecule has 144 valence electrons. The first-order valence-corrected chi connectivity index (χ1v) is 11.3. The maximum atomic E-state index is 12.5. The fourth-order valence-electron chi connectivity index (χ4n) is 2.79. The Labute approximate surface area is 158 Å². The number of carbonyl (C=O) groups excluding carboxylic acids is 1. The number of carbonyl (C=O) groups is 1. The molecule has 1 fully saturated rings. The van der Waals surface area contributed by atoms with Crippen molar-refractivity contribution in [2.24, 2.45) is 5.73 Å². The molecule has 10 heteroatoms. The lowest BCUT2D eigenvalue weighted by Gasteiger charge is -2.28. The summed E-state index contributed by atoms with van der Waals surface area (Å²) in [7, 11) is -7.21. The van der Waals surface area contributed by atoms with E-state index in [1.807, 2.05) is 0 Å². The molecule has 0 aliphatic carbocycles. The Morgan fingerprint density at radius 1 is 1.00 bits per heavy atom. The molecular weight excluding hydrogens is 390 g/mol. The van der Waals surface area contributed by atoms with E-state index >= 15 is 0 Å². The van der Waals surface area contributed by atoms with Crippen molar-refractivity contribution in [3.63, 3.8) is 0 Å². The van der Waals surface area contributed by atoms with Crippen molar-refractivity contribution in [1.82, 2.24) is 0 Å². The van der Waals surface area contributed by atoms with Crippen LogP contribution in [0.1, 0.15) is 23.2 Å². The summed E-state index contributed by atoms with van der Waals surface area (Å²) in [6, 6.07) is 11.4. The predicted molar refractivity (Wildman–Crippen MR) is 103 cm³/mol. The van der Waals surface area contributed by atoms with Crippen molar-refractivity contribution in [3.05, 3.63) is 54.1 Å². The second-order valence-electron chi connectivity index (χ2n) is 6.14. The Kier molecular flexibility index (Phi) is 5.11. The molecule has 2 aromatic rings. The van der Waals surface area contributed by atoms with Crippen molar-refractivity contribution in [2.45, 2.75) is 17.7 Å². The molecule has 8 nitrogen and oxygen atoms in total. The number of anilines is 2. The highest BCUT2D eigenvalue weighted by Crippen LogP contribution is 2.25. The predicted octanol–water partition coefficient (Wildman–Crippen LogP) is 1.52. The van der Waals surface area contributed by atoms with Gasteiger partial charge in [0, 0.05) is 17.8 Å². The average Bonchev–Trinajstić information content (AvgIpc) is 2.61. The van der Waals surface area contributed by atoms with E-state index in [2.05, 4.69) is 4.72 Å². The number of primary amides is 1. The summed E-state index contributed by atoms with van der Waals surface area (Å²) in [5.41, 5.74) is 6.15. The third kappa shape index (κ3) is 4.22. The molecule has 1 amide bonds. The number of sulfonamides is 2. The Morgan fingerprint density at radius 3 is 2.19 bits per heavy atom. The van der Waals surface area contributed by atoms with Crippen LogP contribution < -0.4 is 14.8 Å². The van der Waals surface area contributed by atoms with Gasteiger partial charge in [0.15, 0.2) is 0 Å². The van der Waals surface area contributed by atoms with Crippen molar-refractivity contribution in [3.8, 4) is 0 Å². The van der Waals surface area contributed by atoms with E-state index in [-0.39, 0.29) is 21.9 Å². The van der Waals surface area contributed by atoms with Crippen LogP contribution in [0.3, 0.4) is 0 Å². The van der Waals surface area contributed by atoms with E-state index in [0.717, 1.165) is 6.42 Å². The molecule has 0 saturated carbocycles. The van der Waals surface area contributed by atoms with E-state index in [1.165, 1.54) is 52.8 Å². The van der Waals surface area contributed by atoms with Crippen LogP contribution in [0.15, 0.2) is 53.4 Å². The third-order valence-corrected chi connectivity index (χ3v) is 7.47. The van der Waals surface area contributed by atoms with Gasteiger partial charge in [-0.25, -0.2) is 16.8 Å². The SMILES string of the molecule is NC(=O)c1ccc(NS(=O)(=O)c2ccc(N3CCCCS3(=O)=O)cc2)cc1. The second-order valence-corrected chi connectivity index (χ2v) is 9.83. The Balaban J connectivity index is 1.80. The van der Waals surface area contributed by atoms with Crippen LogP contribution in [0.25, 0.3) is 0 Å². The quantitative estimate of drug-likeness (QED) is 0.774. The monoisotopic (exact) mass is 409 g/mol. The average molecular weight is 409 g/mol. The molecule has 0 aromatic heterocycles. The summed E-state index contributed by atoms with van der Waals surface area (Å²) in [4.78, 5) is 11.1. The molecule has 0 bridgehead atoms. The van der Waals surface area contributed by atoms with Gasteiger partial charge in [0.2, 0.25) is 15.9 Å². The number of nitrogens with two attached hydrogens (primary N) is 1. The fourth-order valence-corrected chi connectivity index (χ4v) is 5.49. The summed E-state index contributed by atoms with van der Waals surface area (Å²) in [6.45, 7) is 0.388. The van der Waals surface area contributed by atoms with E-state index in [0.29, 0.717) is 18.7 Å². The minimum atomic E-state index is -3.86. The van der Waals surface area contributed by atoms with E-state index in [4.69, 9.17) is 5.73 Å². The first-order valence-electron chi connectivity index (χ1n) is 8.22. The van der Waals surface area contributed by atoms with Gasteiger partial charge in [-0.3, -0.25) is 13.8 Å². The van der Waals surface area contributed by atoms with Crippen LogP contribution in [0.5, 0.6) is 0 Å². The van der Waals surface area contributed by atoms with Gasteiger partial charge in [-0.1, -0.05) is 0 Å². The molecule has 1 aliphatic rings. The maximum Gasteiger partial charge on any atom is 0.261 e. The Bertz CT molecular complexity index is 1050. The van der Waals surface area contributed by atoms with Crippen LogP contribution in [-0.2, 0) is 20.0 Å². The van der Waals surface area contributed by atoms with Gasteiger partial charge in [-0.15, -0.1) is 0 Å². The van der Waals surface area contributed by atoms with Gasteiger partial charge in [0.05, 0.1) is 16.3 Å². The van der Waals surface area contributed by atoms with Gasteiger partial charge in [0.25, 0.3) is 10.0 Å². The zero-order chi connectivity index (χ0) is 19.7. The molecule has 2 aromatic carbocycles. The molecule has 1 aliphatic heterocycles. The van der Waals surface area contributed by atoms with E-state index in [9.17, 15) is 21.6 Å². The summed E-state index contributed by atoms with van der Waals surface area (Å²) in [5.74, 6) is -0.511. The van der Waals surface area contributed by atoms with Crippen molar-refractivity contribution >= 4 is 37.3 Å². The van der Waals surface area contributed by atoms with Crippen molar-refractivity contribution in [1.29, 1.82) is 0 Å². The van der Waals surface area contributed by atoms with Gasteiger partial charge in [-0.05, 0) is 61.4 Å². The minimum Gasteiger partial charge on any atom is -0.366 e. The lowest BCUT2D eigenvalue weighted by Crippen LogP contribution is -2.37. The Hall–Kier alpha value is -2.59. The van der Waals surface area contributed by atoms with Crippen LogP contribution in [0.2, 0.25) is 0 Å². The standard InChI is InChI=1S/C17H19N3O5S2/c18-17(21)13-3-5-14(6-4-13)19-27(24,25)16-9-7-15(8-10-16)20-11-1-2-12-26(20,22)23/h3-10,19H,1-2,11-12H2,(H2,18,21). The number of nitrogens with zero attached hydrogens (tertiary/aromatic N) is 1. The molecule has 3 rings (SSSR count). The number of amides is 1. The van der Waals surface area contributed by atoms with Crippen LogP contribution in [0.4, 0.5) is 11.4 Å². The summed E-state index contributed by atoms with van der Waals surface area (Å²) < 4.78 is 53.0. The molecule has 0 radical (unpaired) electrons. The number of rotatable bonds is 5. The van der Waals surface area contributed by atoms with Crippen LogP contribution in [-0.4, -0.2) is 35.0 Å². The molecule has 27 heavy (non-hydrogen) atoms. The Morgan fingerprint density at radius 2 is 1.63 bits per heavy atom. The largest absolute Gasteiger partial charge is 0.366 e. The van der Waals surface area contributed by atoms with Crippen molar-refractivity contribution < 1.29 is 21.6 Å². The van der Waals surface area contributed by atoms with Gasteiger partial charge < -0.3 is 5.73 Å². The smallest absolute Gasteiger partial charge is 0.261 e. The molecule has 3 N–H and O–H groups in total. The third-order valence-electron chi connectivity index (χ3n) is 4.21. The van der Waals surface area contributed by atoms with Gasteiger partial charge in [-0.2, -0.15) is 0 Å². The van der Waals surface area contributed by atoms with Gasteiger partial charge >= 0.3 is 0 Å². The van der Waals surface area contributed by atoms with E-state index < -0.39 is 26.0 Å². The normalized spacial score (nSPS) is 16.7. The number of hydrogen-bond donors (Lipinski definition) is 2. The molecular formula is C17H19N3O5S2. The number of nitrogens with one attached hydrogen (secondary N) is 1. The van der Waals surface area contributed by atoms with Gasteiger partial charge in [0.1, 0.15) is 0 Å². The molecule has 0 atom stereocenters. The highest BCUT2D eigenvalue weighted by atomic mass is 32.2. The zero-order valence-electron chi connectivity index (χ0n) is 14.3. The van der Waals surface area contributed by atoms with E-state index in [1.54, 1.807) is 0 Å². The summed E-state index contributed by atoms with van der Waals surface area (Å²) >= 11 is 0. The van der Waals surface area contributed by atoms with Crippen LogP contribution >= 0.6 is 0 Å². The number of benzene rings is 2. The zero-order valence-corrected chi connectivity index (χ0v) is 16.0. The fraction of sp³-hybridized carbons (Fsp3) is 0.235. The number of hydrogen-bond acceptors (Lipinski definition) is 5. The van der Waals surface area contributed by atoms with Crippen LogP contribution in [0, 0.1) is 0 Å². The first kappa shape index (κ1) is 19.2. The summed E-state index contributed by atoms with van der Waals surface area (Å²) in [6.07, 6.45) is 1.39. The highest BCUT2D eigenvalue weighted by Gasteiger charge is 2.26. The molecule has 0 unspecified atom stereocenters. The minimum absolute atomic E-state index is 0.000338. The maximum absolute atomic E-state index is 12.5. The van der Waals surface area contributed by atoms with Crippen molar-refractivity contribution in [2.75, 3.05) is 21.3 Å². The lowest BCUT2D eigenvalue weighted by atomic mass is 10.2. The molecule has 0 spiro atoms. The topological polar surface area (TPSA) is 127 Å². The first-order chi connectivity index (χ1) is 12.7. The second kappa shape index (κ2) is 7.20. The lowest BCUT2D eigenvalue weighted by molar-refractivity contribution is 0.100. The summed E-state index contributed by atoms with van der Waals surface area (Å²) in [5, 5.41) is 0. The molecule has 1 heterocycles.